The zero-order valence-corrected chi connectivity index (χ0v) is 12.5. The summed E-state index contributed by atoms with van der Waals surface area (Å²) < 4.78 is 5.87. The Bertz CT molecular complexity index is 231. The van der Waals surface area contributed by atoms with E-state index in [1.165, 1.54) is 0 Å². The summed E-state index contributed by atoms with van der Waals surface area (Å²) in [5.41, 5.74) is -0.289. The molecule has 0 saturated carbocycles. The largest absolute Gasteiger partial charge is 0.410 e. The molecule has 90 valence electrons. The second-order valence-electron chi connectivity index (χ2n) is 6.72. The lowest BCUT2D eigenvalue weighted by atomic mass is 9.91. The average Bonchev–Trinajstić information content (AvgIpc) is 1.96. The zero-order chi connectivity index (χ0) is 12.5. The monoisotopic (exact) mass is 230 g/mol. The van der Waals surface area contributed by atoms with Gasteiger partial charge in [-0.1, -0.05) is 41.5 Å². The van der Waals surface area contributed by atoms with Crippen LogP contribution in [0, 0.1) is 5.41 Å². The minimum Gasteiger partial charge on any atom is -0.410 e. The third-order valence-corrected chi connectivity index (χ3v) is 7.69. The number of ketones is 1. The number of Topliss-reactive ketones (excluding diaryl/α,β-unsaturated/α-hetero) is 1. The molecule has 0 radical (unpaired) electrons. The molecule has 0 amide bonds. The van der Waals surface area contributed by atoms with E-state index in [9.17, 15) is 4.79 Å². The van der Waals surface area contributed by atoms with Gasteiger partial charge in [0.05, 0.1) is 6.61 Å². The van der Waals surface area contributed by atoms with E-state index in [0.717, 1.165) is 0 Å². The fourth-order valence-corrected chi connectivity index (χ4v) is 1.60. The second-order valence-corrected chi connectivity index (χ2v) is 11.5. The second kappa shape index (κ2) is 4.38. The van der Waals surface area contributed by atoms with Crippen LogP contribution >= 0.6 is 0 Å². The first kappa shape index (κ1) is 14.8. The molecule has 3 heteroatoms. The first-order chi connectivity index (χ1) is 6.38. The fourth-order valence-electron chi connectivity index (χ4n) is 0.679. The van der Waals surface area contributed by atoms with Crippen LogP contribution in [0.4, 0.5) is 0 Å². The molecule has 0 saturated heterocycles. The van der Waals surface area contributed by atoms with Crippen LogP contribution in [-0.2, 0) is 9.22 Å². The first-order valence-electron chi connectivity index (χ1n) is 5.55. The third kappa shape index (κ3) is 4.47. The summed E-state index contributed by atoms with van der Waals surface area (Å²) in [5.74, 6) is 0.187. The highest BCUT2D eigenvalue weighted by molar-refractivity contribution is 6.74. The molecular formula is C12H26O2Si. The van der Waals surface area contributed by atoms with Crippen LogP contribution in [0.3, 0.4) is 0 Å². The molecule has 0 spiro atoms. The van der Waals surface area contributed by atoms with Crippen molar-refractivity contribution >= 4 is 14.1 Å². The van der Waals surface area contributed by atoms with Crippen LogP contribution in [0.15, 0.2) is 0 Å². The summed E-state index contributed by atoms with van der Waals surface area (Å²) in [6.45, 7) is 17.0. The standard InChI is InChI=1S/C12H26O2Si/c1-11(2,3)10(13)9-14-15(7,8)12(4,5)6/h9H2,1-8H3. The van der Waals surface area contributed by atoms with E-state index in [0.29, 0.717) is 0 Å². The molecule has 0 heterocycles. The van der Waals surface area contributed by atoms with Gasteiger partial charge in [-0.2, -0.15) is 0 Å². The number of carbonyl (C=O) groups excluding carboxylic acids is 1. The summed E-state index contributed by atoms with van der Waals surface area (Å²) >= 11 is 0. The lowest BCUT2D eigenvalue weighted by Crippen LogP contribution is -2.43. The van der Waals surface area contributed by atoms with Crippen molar-refractivity contribution in [1.29, 1.82) is 0 Å². The Morgan fingerprint density at radius 1 is 1.07 bits per heavy atom. The Hall–Kier alpha value is -0.153. The molecule has 0 aromatic heterocycles. The van der Waals surface area contributed by atoms with Crippen LogP contribution in [0.2, 0.25) is 18.1 Å². The van der Waals surface area contributed by atoms with Crippen molar-refractivity contribution in [2.75, 3.05) is 6.61 Å². The maximum Gasteiger partial charge on any atom is 0.192 e. The van der Waals surface area contributed by atoms with Gasteiger partial charge in [-0.25, -0.2) is 0 Å². The minimum absolute atomic E-state index is 0.172. The van der Waals surface area contributed by atoms with E-state index in [-0.39, 0.29) is 22.8 Å². The van der Waals surface area contributed by atoms with Gasteiger partial charge in [-0.15, -0.1) is 0 Å². The van der Waals surface area contributed by atoms with E-state index in [1.807, 2.05) is 20.8 Å². The molecule has 0 aliphatic rings. The summed E-state index contributed by atoms with van der Waals surface area (Å²) in [5, 5.41) is 0.172. The van der Waals surface area contributed by atoms with E-state index >= 15 is 0 Å². The van der Waals surface area contributed by atoms with Gasteiger partial charge >= 0.3 is 0 Å². The third-order valence-electron chi connectivity index (χ3n) is 3.21. The zero-order valence-electron chi connectivity index (χ0n) is 11.5. The van der Waals surface area contributed by atoms with Gasteiger partial charge in [0, 0.05) is 5.41 Å². The maximum absolute atomic E-state index is 11.7. The molecule has 0 bridgehead atoms. The molecule has 0 fully saturated rings. The topological polar surface area (TPSA) is 26.3 Å². The Balaban J connectivity index is 4.36. The maximum atomic E-state index is 11.7. The van der Waals surface area contributed by atoms with E-state index in [1.54, 1.807) is 0 Å². The summed E-state index contributed by atoms with van der Waals surface area (Å²) in [6.07, 6.45) is 0. The molecule has 2 nitrogen and oxygen atoms in total. The molecule has 0 aromatic carbocycles. The predicted octanol–water partition coefficient (Wildman–Crippen LogP) is 3.62. The molecule has 0 atom stereocenters. The van der Waals surface area contributed by atoms with Gasteiger partial charge in [-0.05, 0) is 18.1 Å². The molecular weight excluding hydrogens is 204 g/mol. The van der Waals surface area contributed by atoms with Crippen molar-refractivity contribution in [1.82, 2.24) is 0 Å². The van der Waals surface area contributed by atoms with Crippen LogP contribution in [-0.4, -0.2) is 20.7 Å². The lowest BCUT2D eigenvalue weighted by Gasteiger charge is -2.36. The van der Waals surface area contributed by atoms with Gasteiger partial charge in [0.15, 0.2) is 14.1 Å². The molecule has 0 aliphatic heterocycles. The SMILES string of the molecule is CC(C)(C)C(=O)CO[Si](C)(C)C(C)(C)C. The van der Waals surface area contributed by atoms with Gasteiger partial charge in [-0.3, -0.25) is 4.79 Å². The van der Waals surface area contributed by atoms with E-state index in [4.69, 9.17) is 4.43 Å². The first-order valence-corrected chi connectivity index (χ1v) is 8.46. The Kier molecular flexibility index (Phi) is 4.33. The molecule has 15 heavy (non-hydrogen) atoms. The highest BCUT2D eigenvalue weighted by Gasteiger charge is 2.38. The highest BCUT2D eigenvalue weighted by Crippen LogP contribution is 2.36. The summed E-state index contributed by atoms with van der Waals surface area (Å²) in [4.78, 5) is 11.7. The number of hydrogen-bond acceptors (Lipinski definition) is 2. The van der Waals surface area contributed by atoms with E-state index < -0.39 is 8.32 Å². The lowest BCUT2D eigenvalue weighted by molar-refractivity contribution is -0.128. The normalized spacial score (nSPS) is 14.1. The van der Waals surface area contributed by atoms with Crippen molar-refractivity contribution in [3.05, 3.63) is 0 Å². The van der Waals surface area contributed by atoms with Crippen molar-refractivity contribution in [3.63, 3.8) is 0 Å². The molecule has 0 unspecified atom stereocenters. The number of carbonyl (C=O) groups is 1. The van der Waals surface area contributed by atoms with Gasteiger partial charge in [0.1, 0.15) is 0 Å². The average molecular weight is 230 g/mol. The van der Waals surface area contributed by atoms with Crippen molar-refractivity contribution in [2.24, 2.45) is 5.41 Å². The van der Waals surface area contributed by atoms with Crippen LogP contribution < -0.4 is 0 Å². The summed E-state index contributed by atoms with van der Waals surface area (Å²) in [6, 6.07) is 0. The van der Waals surface area contributed by atoms with Crippen molar-refractivity contribution < 1.29 is 9.22 Å². The minimum atomic E-state index is -1.77. The molecule has 0 rings (SSSR count). The molecule has 0 aliphatic carbocycles. The van der Waals surface area contributed by atoms with Crippen LogP contribution in [0.1, 0.15) is 41.5 Å². The van der Waals surface area contributed by atoms with Gasteiger partial charge in [0.25, 0.3) is 0 Å². The smallest absolute Gasteiger partial charge is 0.192 e. The van der Waals surface area contributed by atoms with Crippen LogP contribution in [0.25, 0.3) is 0 Å². The number of rotatable bonds is 3. The molecule has 0 aromatic rings. The fraction of sp³-hybridized carbons (Fsp3) is 0.917. The van der Waals surface area contributed by atoms with Gasteiger partial charge < -0.3 is 4.43 Å². The number of hydrogen-bond donors (Lipinski definition) is 0. The predicted molar refractivity (Wildman–Crippen MR) is 67.6 cm³/mol. The van der Waals surface area contributed by atoms with Crippen molar-refractivity contribution in [3.8, 4) is 0 Å². The van der Waals surface area contributed by atoms with Crippen LogP contribution in [0.5, 0.6) is 0 Å². The Morgan fingerprint density at radius 2 is 1.47 bits per heavy atom. The van der Waals surface area contributed by atoms with E-state index in [2.05, 4.69) is 33.9 Å². The summed E-state index contributed by atoms with van der Waals surface area (Å²) in [7, 11) is -1.77. The Labute approximate surface area is 95.5 Å². The highest BCUT2D eigenvalue weighted by atomic mass is 28.4. The molecule has 0 N–H and O–H groups in total. The van der Waals surface area contributed by atoms with Crippen molar-refractivity contribution in [2.45, 2.75) is 59.7 Å². The Morgan fingerprint density at radius 3 is 1.73 bits per heavy atom. The quantitative estimate of drug-likeness (QED) is 0.692. The van der Waals surface area contributed by atoms with Gasteiger partial charge in [0.2, 0.25) is 0 Å².